The molecule has 13 nitrogen and oxygen atoms in total. The molecule has 1 aliphatic heterocycles. The molecule has 1 heterocycles. The van der Waals surface area contributed by atoms with Gasteiger partial charge >= 0.3 is 19.8 Å². The van der Waals surface area contributed by atoms with Crippen molar-refractivity contribution < 1.29 is 62.1 Å². The summed E-state index contributed by atoms with van der Waals surface area (Å²) in [7, 11) is 1.30. The van der Waals surface area contributed by atoms with Crippen LogP contribution < -0.4 is 0 Å². The number of quaternary nitrogens is 1. The van der Waals surface area contributed by atoms with Crippen molar-refractivity contribution >= 4 is 19.8 Å². The average molecular weight is 929 g/mol. The van der Waals surface area contributed by atoms with Gasteiger partial charge in [0.05, 0.1) is 46.1 Å². The molecule has 0 amide bonds. The van der Waals surface area contributed by atoms with Gasteiger partial charge in [0, 0.05) is 25.2 Å². The minimum atomic E-state index is -4.46. The van der Waals surface area contributed by atoms with Crippen LogP contribution in [0.1, 0.15) is 174 Å². The molecule has 0 saturated carbocycles. The van der Waals surface area contributed by atoms with E-state index in [9.17, 15) is 34.4 Å². The molecule has 1 saturated heterocycles. The number of aliphatic hydroxyl groups excluding tert-OH is 3. The highest BCUT2D eigenvalue weighted by Gasteiger charge is 2.35. The molecule has 0 aliphatic carbocycles. The Balaban J connectivity index is 2.47. The van der Waals surface area contributed by atoms with E-state index in [2.05, 4.69) is 38.2 Å². The number of phosphoric acid groups is 1. The lowest BCUT2D eigenvalue weighted by molar-refractivity contribution is -0.870. The van der Waals surface area contributed by atoms with Gasteiger partial charge in [0.15, 0.2) is 12.4 Å². The van der Waals surface area contributed by atoms with Crippen LogP contribution in [0.2, 0.25) is 0 Å². The van der Waals surface area contributed by atoms with Gasteiger partial charge in [-0.15, -0.1) is 0 Å². The van der Waals surface area contributed by atoms with Crippen LogP contribution in [0, 0.1) is 5.92 Å². The Morgan fingerprint density at radius 3 is 1.97 bits per heavy atom. The van der Waals surface area contributed by atoms with Gasteiger partial charge in [0.2, 0.25) is 0 Å². The van der Waals surface area contributed by atoms with Crippen molar-refractivity contribution in [3.8, 4) is 0 Å². The number of aliphatic hydroxyl groups is 3. The quantitative estimate of drug-likeness (QED) is 0.0151. The lowest BCUT2D eigenvalue weighted by Gasteiger charge is -2.36. The lowest BCUT2D eigenvalue weighted by Crippen LogP contribution is -2.43. The van der Waals surface area contributed by atoms with Crippen LogP contribution in [0.3, 0.4) is 0 Å². The van der Waals surface area contributed by atoms with Crippen LogP contribution in [-0.2, 0) is 37.4 Å². The molecule has 14 heteroatoms. The first-order chi connectivity index (χ1) is 30.7. The molecule has 0 aromatic rings. The first kappa shape index (κ1) is 59.8. The first-order valence-electron chi connectivity index (χ1n) is 24.8. The van der Waals surface area contributed by atoms with E-state index >= 15 is 0 Å². The van der Waals surface area contributed by atoms with Crippen molar-refractivity contribution in [1.29, 1.82) is 0 Å². The third kappa shape index (κ3) is 35.1. The predicted molar refractivity (Wildman–Crippen MR) is 255 cm³/mol. The number of carbonyl (C=O) groups is 2. The number of likely N-dealkylation sites (N-methyl/N-ethyl adjacent to an activating group) is 1. The number of ether oxygens (including phenoxy) is 3. The second kappa shape index (κ2) is 37.9. The SMILES string of the molecule is CCCCC/C=C\C/C=C\CCCCCCCCCCCC(=O)OC[C@H](COP(=O)(O)OCC[N+](C)(C)C)OC(=O)CCC/C=C\C[C@H]1[C@@H](O)CC(O)O[C@@H]1/C=C/[C@@H](O)CCCCC. The fourth-order valence-corrected chi connectivity index (χ4v) is 7.88. The molecule has 1 fully saturated rings. The second-order valence-electron chi connectivity index (χ2n) is 18.4. The number of carbonyl (C=O) groups excluding carboxylic acids is 2. The number of hydrogen-bond donors (Lipinski definition) is 4. The average Bonchev–Trinajstić information content (AvgIpc) is 3.23. The number of rotatable bonds is 40. The van der Waals surface area contributed by atoms with Crippen LogP contribution in [0.25, 0.3) is 0 Å². The van der Waals surface area contributed by atoms with Crippen LogP contribution in [0.4, 0.5) is 0 Å². The summed E-state index contributed by atoms with van der Waals surface area (Å²) in [5.74, 6) is -1.32. The van der Waals surface area contributed by atoms with Gasteiger partial charge in [-0.1, -0.05) is 140 Å². The van der Waals surface area contributed by atoms with Crippen molar-refractivity contribution in [3.05, 3.63) is 48.6 Å². The van der Waals surface area contributed by atoms with Crippen molar-refractivity contribution in [2.45, 2.75) is 205 Å². The van der Waals surface area contributed by atoms with Crippen molar-refractivity contribution in [3.63, 3.8) is 0 Å². The van der Waals surface area contributed by atoms with Crippen LogP contribution >= 0.6 is 7.82 Å². The Morgan fingerprint density at radius 2 is 1.31 bits per heavy atom. The maximum atomic E-state index is 12.9. The maximum absolute atomic E-state index is 12.9. The van der Waals surface area contributed by atoms with Crippen molar-refractivity contribution in [2.75, 3.05) is 47.5 Å². The highest BCUT2D eigenvalue weighted by molar-refractivity contribution is 7.47. The molecule has 0 bridgehead atoms. The molecular weight excluding hydrogens is 838 g/mol. The minimum Gasteiger partial charge on any atom is -0.462 e. The molecule has 4 N–H and O–H groups in total. The van der Waals surface area contributed by atoms with E-state index in [1.165, 1.54) is 57.8 Å². The van der Waals surface area contributed by atoms with Gasteiger partial charge in [-0.25, -0.2) is 4.57 Å². The topological polar surface area (TPSA) is 178 Å². The number of allylic oxidation sites excluding steroid dienone is 6. The van der Waals surface area contributed by atoms with Crippen LogP contribution in [0.5, 0.6) is 0 Å². The standard InChI is InChI=1S/C50H90NO12P/c1-6-8-10-11-12-13-14-15-16-17-18-19-20-21-22-23-24-25-30-34-48(54)59-41-44(42-61-64(57,58)60-39-38-51(3,4)5)62-49(55)35-31-27-26-29-33-45-46(53)40-50(56)63-47(45)37-36-43(52)32-28-9-7-2/h12-13,15-16,26,29,36-37,43-47,50,52-53,56H,6-11,14,17-25,27-28,30-35,38-42H2,1-5H3/p+1/b13-12-,16-15-,29-26-,37-36+/t43-,44+,45-,46-,47+,50?/m0/s1. The zero-order valence-corrected chi connectivity index (χ0v) is 41.4. The van der Waals surface area contributed by atoms with Gasteiger partial charge in [-0.05, 0) is 64.2 Å². The Morgan fingerprint density at radius 1 is 0.734 bits per heavy atom. The predicted octanol–water partition coefficient (Wildman–Crippen LogP) is 10.4. The molecule has 7 atom stereocenters. The molecule has 0 aromatic carbocycles. The van der Waals surface area contributed by atoms with E-state index in [0.717, 1.165) is 51.4 Å². The molecule has 372 valence electrons. The number of esters is 2. The van der Waals surface area contributed by atoms with E-state index < -0.39 is 57.1 Å². The minimum absolute atomic E-state index is 0.0197. The first-order valence-corrected chi connectivity index (χ1v) is 26.3. The second-order valence-corrected chi connectivity index (χ2v) is 19.8. The Hall–Kier alpha value is -2.19. The van der Waals surface area contributed by atoms with E-state index in [0.29, 0.717) is 43.1 Å². The molecule has 1 aliphatic rings. The van der Waals surface area contributed by atoms with E-state index in [1.54, 1.807) is 12.2 Å². The van der Waals surface area contributed by atoms with Gasteiger partial charge in [0.25, 0.3) is 0 Å². The zero-order chi connectivity index (χ0) is 47.3. The molecule has 2 unspecified atom stereocenters. The normalized spacial score (nSPS) is 20.4. The Labute approximate surface area is 387 Å². The summed E-state index contributed by atoms with van der Waals surface area (Å²) in [5.41, 5.74) is 0. The van der Waals surface area contributed by atoms with Crippen LogP contribution in [0.15, 0.2) is 48.6 Å². The maximum Gasteiger partial charge on any atom is 0.472 e. The molecule has 0 spiro atoms. The largest absolute Gasteiger partial charge is 0.472 e. The third-order valence-electron chi connectivity index (χ3n) is 11.1. The molecule has 0 radical (unpaired) electrons. The summed E-state index contributed by atoms with van der Waals surface area (Å²) in [5, 5.41) is 31.1. The molecule has 0 aromatic heterocycles. The van der Waals surface area contributed by atoms with E-state index in [1.807, 2.05) is 33.3 Å². The van der Waals surface area contributed by atoms with Gasteiger partial charge < -0.3 is 38.9 Å². The molecule has 1 rings (SSSR count). The lowest BCUT2D eigenvalue weighted by atomic mass is 9.87. The molecular formula is C50H91NO12P+. The summed E-state index contributed by atoms with van der Waals surface area (Å²) in [4.78, 5) is 35.7. The monoisotopic (exact) mass is 929 g/mol. The van der Waals surface area contributed by atoms with Gasteiger partial charge in [-0.2, -0.15) is 0 Å². The van der Waals surface area contributed by atoms with Crippen molar-refractivity contribution in [2.24, 2.45) is 5.92 Å². The fourth-order valence-electron chi connectivity index (χ4n) is 7.14. The van der Waals surface area contributed by atoms with Crippen LogP contribution in [-0.4, -0.2) is 115 Å². The third-order valence-corrected chi connectivity index (χ3v) is 12.1. The van der Waals surface area contributed by atoms with Crippen molar-refractivity contribution in [1.82, 2.24) is 0 Å². The summed E-state index contributed by atoms with van der Waals surface area (Å²) < 4.78 is 40.0. The van der Waals surface area contributed by atoms with Gasteiger partial charge in [-0.3, -0.25) is 18.6 Å². The summed E-state index contributed by atoms with van der Waals surface area (Å²) in [6, 6.07) is 0. The van der Waals surface area contributed by atoms with E-state index in [4.69, 9.17) is 23.3 Å². The Kier molecular flexibility index (Phi) is 35.4. The number of phosphoric ester groups is 1. The highest BCUT2D eigenvalue weighted by atomic mass is 31.2. The number of hydrogen-bond acceptors (Lipinski definition) is 11. The highest BCUT2D eigenvalue weighted by Crippen LogP contribution is 2.43. The molecule has 64 heavy (non-hydrogen) atoms. The van der Waals surface area contributed by atoms with E-state index in [-0.39, 0.29) is 38.4 Å². The fraction of sp³-hybridized carbons (Fsp3) is 0.800. The Bertz CT molecular complexity index is 1350. The number of nitrogens with zero attached hydrogens (tertiary/aromatic N) is 1. The number of unbranched alkanes of at least 4 members (excludes halogenated alkanes) is 15. The summed E-state index contributed by atoms with van der Waals surface area (Å²) in [6.07, 6.45) is 34.9. The summed E-state index contributed by atoms with van der Waals surface area (Å²) in [6.45, 7) is 3.97. The zero-order valence-electron chi connectivity index (χ0n) is 40.5. The summed E-state index contributed by atoms with van der Waals surface area (Å²) >= 11 is 0. The smallest absolute Gasteiger partial charge is 0.462 e. The van der Waals surface area contributed by atoms with Gasteiger partial charge in [0.1, 0.15) is 19.8 Å².